The maximum Gasteiger partial charge on any atom is 0.337 e. The van der Waals surface area contributed by atoms with Crippen LogP contribution in [0.2, 0.25) is 0 Å². The van der Waals surface area contributed by atoms with E-state index in [1.807, 2.05) is 6.92 Å². The van der Waals surface area contributed by atoms with Crippen molar-refractivity contribution in [3.05, 3.63) is 21.6 Å². The molecule has 6 heteroatoms. The molecule has 1 N–H and O–H groups in total. The Labute approximate surface area is 79.5 Å². The topological polar surface area (TPSA) is 72.3 Å². The van der Waals surface area contributed by atoms with Crippen molar-refractivity contribution < 1.29 is 4.74 Å². The van der Waals surface area contributed by atoms with Crippen LogP contribution in [-0.4, -0.2) is 26.7 Å². The van der Waals surface area contributed by atoms with Gasteiger partial charge in [0.15, 0.2) is 0 Å². The van der Waals surface area contributed by atoms with Crippen molar-refractivity contribution in [2.75, 3.05) is 7.11 Å². The first-order valence-electron chi connectivity index (χ1n) is 4.13. The molecule has 0 amide bonds. The highest BCUT2D eigenvalue weighted by Gasteiger charge is 2.09. The molecule has 0 fully saturated rings. The zero-order valence-corrected chi connectivity index (χ0v) is 8.16. The normalized spacial score (nSPS) is 10.8. The summed E-state index contributed by atoms with van der Waals surface area (Å²) in [4.78, 5) is 17.9. The number of rotatable bonds is 1. The lowest BCUT2D eigenvalue weighted by Crippen LogP contribution is -2.15. The van der Waals surface area contributed by atoms with Crippen LogP contribution in [0, 0.1) is 13.8 Å². The van der Waals surface area contributed by atoms with Crippen LogP contribution in [0.4, 0.5) is 0 Å². The Morgan fingerprint density at radius 1 is 1.43 bits per heavy atom. The lowest BCUT2D eigenvalue weighted by atomic mass is 10.3. The average Bonchev–Trinajstić information content (AvgIpc) is 2.57. The Kier molecular flexibility index (Phi) is 1.77. The highest BCUT2D eigenvalue weighted by atomic mass is 16.5. The van der Waals surface area contributed by atoms with Gasteiger partial charge in [0.1, 0.15) is 0 Å². The monoisotopic (exact) mass is 194 g/mol. The number of nitrogens with zero attached hydrogens (tertiary/aromatic N) is 3. The van der Waals surface area contributed by atoms with E-state index in [1.54, 1.807) is 11.4 Å². The van der Waals surface area contributed by atoms with E-state index >= 15 is 0 Å². The molecular formula is C8H10N4O2. The molecule has 2 aromatic rings. The van der Waals surface area contributed by atoms with Crippen LogP contribution in [-0.2, 0) is 0 Å². The largest absolute Gasteiger partial charge is 0.466 e. The van der Waals surface area contributed by atoms with Crippen LogP contribution in [0.1, 0.15) is 11.3 Å². The molecule has 0 unspecified atom stereocenters. The third-order valence-electron chi connectivity index (χ3n) is 2.20. The second kappa shape index (κ2) is 2.83. The lowest BCUT2D eigenvalue weighted by molar-refractivity contribution is 0.380. The molecule has 74 valence electrons. The summed E-state index contributed by atoms with van der Waals surface area (Å²) in [7, 11) is 1.48. The minimum Gasteiger partial charge on any atom is -0.466 e. The van der Waals surface area contributed by atoms with Gasteiger partial charge in [0, 0.05) is 5.56 Å². The minimum atomic E-state index is -0.148. The van der Waals surface area contributed by atoms with Crippen LogP contribution in [0.5, 0.6) is 6.01 Å². The van der Waals surface area contributed by atoms with Gasteiger partial charge in [-0.25, -0.2) is 0 Å². The number of aryl methyl sites for hydroxylation is 1. The summed E-state index contributed by atoms with van der Waals surface area (Å²) in [6.45, 7) is 3.55. The average molecular weight is 194 g/mol. The van der Waals surface area contributed by atoms with Gasteiger partial charge in [0.2, 0.25) is 5.78 Å². The summed E-state index contributed by atoms with van der Waals surface area (Å²) >= 11 is 0. The molecule has 6 nitrogen and oxygen atoms in total. The number of fused-ring (bicyclic) bond motifs is 1. The van der Waals surface area contributed by atoms with Crippen LogP contribution in [0.15, 0.2) is 4.79 Å². The van der Waals surface area contributed by atoms with E-state index in [0.717, 1.165) is 5.69 Å². The maximum absolute atomic E-state index is 11.4. The lowest BCUT2D eigenvalue weighted by Gasteiger charge is -1.99. The Morgan fingerprint density at radius 2 is 2.14 bits per heavy atom. The van der Waals surface area contributed by atoms with E-state index in [0.29, 0.717) is 11.3 Å². The zero-order valence-electron chi connectivity index (χ0n) is 8.16. The summed E-state index contributed by atoms with van der Waals surface area (Å²) < 4.78 is 6.42. The Morgan fingerprint density at radius 3 is 2.79 bits per heavy atom. The van der Waals surface area contributed by atoms with Crippen molar-refractivity contribution in [1.29, 1.82) is 0 Å². The standard InChI is InChI=1S/C8H10N4O2/c1-4-5(2)12-7(9-6(4)13)10-8(11-12)14-3/h1-3H3,(H,9,10,11,13). The van der Waals surface area contributed by atoms with E-state index in [-0.39, 0.29) is 11.6 Å². The molecule has 0 aliphatic carbocycles. The predicted molar refractivity (Wildman–Crippen MR) is 49.6 cm³/mol. The van der Waals surface area contributed by atoms with Crippen LogP contribution >= 0.6 is 0 Å². The first-order chi connectivity index (χ1) is 6.63. The van der Waals surface area contributed by atoms with Gasteiger partial charge in [-0.1, -0.05) is 0 Å². The number of nitrogens with one attached hydrogen (secondary N) is 1. The fourth-order valence-electron chi connectivity index (χ4n) is 1.21. The van der Waals surface area contributed by atoms with E-state index < -0.39 is 0 Å². The zero-order chi connectivity index (χ0) is 10.3. The molecule has 0 spiro atoms. The third-order valence-corrected chi connectivity index (χ3v) is 2.20. The first-order valence-corrected chi connectivity index (χ1v) is 4.13. The van der Waals surface area contributed by atoms with Crippen molar-refractivity contribution in [3.8, 4) is 6.01 Å². The highest BCUT2D eigenvalue weighted by Crippen LogP contribution is 2.07. The van der Waals surface area contributed by atoms with Gasteiger partial charge in [-0.2, -0.15) is 9.50 Å². The predicted octanol–water partition coefficient (Wildman–Crippen LogP) is 0.0430. The van der Waals surface area contributed by atoms with E-state index in [4.69, 9.17) is 4.74 Å². The molecule has 0 aromatic carbocycles. The molecule has 0 saturated heterocycles. The Hall–Kier alpha value is -1.85. The summed E-state index contributed by atoms with van der Waals surface area (Å²) in [6, 6.07) is 0.245. The third kappa shape index (κ3) is 1.07. The number of methoxy groups -OCH3 is 1. The molecule has 2 heterocycles. The quantitative estimate of drug-likeness (QED) is 0.695. The van der Waals surface area contributed by atoms with Gasteiger partial charge in [0.05, 0.1) is 12.8 Å². The van der Waals surface area contributed by atoms with Gasteiger partial charge in [-0.05, 0) is 13.8 Å². The molecule has 14 heavy (non-hydrogen) atoms. The fraction of sp³-hybridized carbons (Fsp3) is 0.375. The summed E-state index contributed by atoms with van der Waals surface area (Å²) in [5.74, 6) is 0.398. The second-order valence-electron chi connectivity index (χ2n) is 3.00. The number of hydrogen-bond donors (Lipinski definition) is 1. The van der Waals surface area contributed by atoms with Gasteiger partial charge in [0.25, 0.3) is 5.56 Å². The number of aromatic amines is 1. The summed E-state index contributed by atoms with van der Waals surface area (Å²) in [6.07, 6.45) is 0. The summed E-state index contributed by atoms with van der Waals surface area (Å²) in [5, 5.41) is 4.05. The van der Waals surface area contributed by atoms with Crippen LogP contribution < -0.4 is 10.3 Å². The molecule has 2 rings (SSSR count). The van der Waals surface area contributed by atoms with Gasteiger partial charge < -0.3 is 4.74 Å². The SMILES string of the molecule is COc1nc2[nH]c(=O)c(C)c(C)n2n1. The summed E-state index contributed by atoms with van der Waals surface area (Å²) in [5.41, 5.74) is 1.25. The molecule has 2 aromatic heterocycles. The van der Waals surface area contributed by atoms with Gasteiger partial charge >= 0.3 is 6.01 Å². The molecular weight excluding hydrogens is 184 g/mol. The molecule has 0 saturated carbocycles. The number of aromatic nitrogens is 4. The number of ether oxygens (including phenoxy) is 1. The van der Waals surface area contributed by atoms with Crippen molar-refractivity contribution in [3.63, 3.8) is 0 Å². The van der Waals surface area contributed by atoms with Crippen molar-refractivity contribution >= 4 is 5.78 Å². The van der Waals surface area contributed by atoms with Crippen molar-refractivity contribution in [1.82, 2.24) is 19.6 Å². The van der Waals surface area contributed by atoms with Gasteiger partial charge in [-0.3, -0.25) is 9.78 Å². The maximum atomic E-state index is 11.4. The minimum absolute atomic E-state index is 0.148. The smallest absolute Gasteiger partial charge is 0.337 e. The van der Waals surface area contributed by atoms with Gasteiger partial charge in [-0.15, -0.1) is 5.10 Å². The van der Waals surface area contributed by atoms with Crippen LogP contribution in [0.3, 0.4) is 0 Å². The fourth-order valence-corrected chi connectivity index (χ4v) is 1.21. The molecule has 0 radical (unpaired) electrons. The molecule has 0 aliphatic rings. The highest BCUT2D eigenvalue weighted by molar-refractivity contribution is 5.32. The molecule has 0 aliphatic heterocycles. The van der Waals surface area contributed by atoms with E-state index in [1.165, 1.54) is 7.11 Å². The van der Waals surface area contributed by atoms with E-state index in [2.05, 4.69) is 15.1 Å². The second-order valence-corrected chi connectivity index (χ2v) is 3.00. The number of H-pyrrole nitrogens is 1. The van der Waals surface area contributed by atoms with Crippen molar-refractivity contribution in [2.45, 2.75) is 13.8 Å². The first kappa shape index (κ1) is 8.74. The molecule has 0 bridgehead atoms. The van der Waals surface area contributed by atoms with Crippen LogP contribution in [0.25, 0.3) is 5.78 Å². The molecule has 0 atom stereocenters. The Balaban J connectivity index is 2.87. The Bertz CT molecular complexity index is 540. The van der Waals surface area contributed by atoms with E-state index in [9.17, 15) is 4.79 Å². The van der Waals surface area contributed by atoms with Crippen molar-refractivity contribution in [2.24, 2.45) is 0 Å². The number of hydrogen-bond acceptors (Lipinski definition) is 4.